The van der Waals surface area contributed by atoms with Crippen molar-refractivity contribution >= 4 is 17.9 Å². The van der Waals surface area contributed by atoms with Gasteiger partial charge < -0.3 is 117 Å². The summed E-state index contributed by atoms with van der Waals surface area (Å²) in [5.41, 5.74) is 0. The molecule has 0 aromatic carbocycles. The van der Waals surface area contributed by atoms with Crippen molar-refractivity contribution in [3.05, 3.63) is 12.2 Å². The van der Waals surface area contributed by atoms with Gasteiger partial charge in [0.2, 0.25) is 0 Å². The molecular formula is C44H92O26. The number of hydrogen-bond donors (Lipinski definition) is 22. The second-order valence-corrected chi connectivity index (χ2v) is 15.5. The van der Waals surface area contributed by atoms with Gasteiger partial charge in [0, 0.05) is 25.9 Å². The summed E-state index contributed by atoms with van der Waals surface area (Å²) in [6.45, 7) is -4.01. The molecule has 0 aliphatic heterocycles. The SMILES string of the molecule is O=C(O)CCCCC(=O)O.O=C(O)CCCCCCC/C=C\CCCCCCCCOC[C@H](O)[C@H](O)CO.OC[C@@H](O)[C@@H](O)CO.OC[C@@H](O)[C@@H](O)CO.OC[C@@H](O)[C@@H](O)CO.OC[C@@H](O)[C@@H](O)CO. The molecule has 26 nitrogen and oxygen atoms in total. The molecule has 0 saturated heterocycles. The van der Waals surface area contributed by atoms with Gasteiger partial charge in [0.05, 0.1) is 66.1 Å². The first kappa shape index (κ1) is 78.8. The van der Waals surface area contributed by atoms with Gasteiger partial charge >= 0.3 is 17.9 Å². The quantitative estimate of drug-likeness (QED) is 0.0204. The summed E-state index contributed by atoms with van der Waals surface area (Å²) in [5, 5.41) is 185. The van der Waals surface area contributed by atoms with E-state index in [4.69, 9.17) is 107 Å². The number of aliphatic hydroxyl groups is 19. The lowest BCUT2D eigenvalue weighted by molar-refractivity contribution is -0.139. The van der Waals surface area contributed by atoms with Crippen molar-refractivity contribution in [2.75, 3.05) is 72.7 Å². The normalized spacial score (nSPS) is 15.1. The Bertz CT molecular complexity index is 997. The van der Waals surface area contributed by atoms with Crippen molar-refractivity contribution in [2.24, 2.45) is 0 Å². The summed E-state index contributed by atoms with van der Waals surface area (Å²) in [6.07, 6.45) is 8.55. The Kier molecular flexibility index (Phi) is 68.3. The van der Waals surface area contributed by atoms with Gasteiger partial charge in [-0.1, -0.05) is 57.1 Å². The van der Waals surface area contributed by atoms with Crippen LogP contribution in [0.3, 0.4) is 0 Å². The molecule has 0 spiro atoms. The highest BCUT2D eigenvalue weighted by Gasteiger charge is 2.16. The second kappa shape index (κ2) is 60.7. The van der Waals surface area contributed by atoms with E-state index in [9.17, 15) is 24.6 Å². The summed E-state index contributed by atoms with van der Waals surface area (Å²) in [7, 11) is 0. The van der Waals surface area contributed by atoms with Crippen molar-refractivity contribution in [3.63, 3.8) is 0 Å². The molecule has 0 bridgehead atoms. The zero-order valence-electron chi connectivity index (χ0n) is 40.4. The maximum absolute atomic E-state index is 10.4. The first-order valence-corrected chi connectivity index (χ1v) is 23.2. The van der Waals surface area contributed by atoms with Crippen LogP contribution < -0.4 is 0 Å². The van der Waals surface area contributed by atoms with E-state index in [0.29, 0.717) is 25.9 Å². The molecule has 0 aromatic heterocycles. The van der Waals surface area contributed by atoms with Crippen molar-refractivity contribution < 1.29 is 131 Å². The molecule has 26 heteroatoms. The summed E-state index contributed by atoms with van der Waals surface area (Å²) < 4.78 is 5.29. The van der Waals surface area contributed by atoms with Gasteiger partial charge in [-0.25, -0.2) is 0 Å². The topological polar surface area (TPSA) is 506 Å². The molecule has 424 valence electrons. The van der Waals surface area contributed by atoms with E-state index >= 15 is 0 Å². The number of carbonyl (C=O) groups is 3. The number of rotatable bonds is 38. The van der Waals surface area contributed by atoms with Gasteiger partial charge in [-0.05, 0) is 51.4 Å². The van der Waals surface area contributed by atoms with Crippen LogP contribution in [-0.2, 0) is 19.1 Å². The van der Waals surface area contributed by atoms with Crippen molar-refractivity contribution in [1.29, 1.82) is 0 Å². The Morgan fingerprint density at radius 1 is 0.300 bits per heavy atom. The number of ether oxygens (including phenoxy) is 1. The van der Waals surface area contributed by atoms with Gasteiger partial charge in [0.15, 0.2) is 0 Å². The Hall–Kier alpha value is -2.65. The lowest BCUT2D eigenvalue weighted by Gasteiger charge is -2.15. The van der Waals surface area contributed by atoms with E-state index in [1.807, 2.05) is 0 Å². The average Bonchev–Trinajstić information content (AvgIpc) is 3.36. The molecule has 0 fully saturated rings. The summed E-state index contributed by atoms with van der Waals surface area (Å²) in [6, 6.07) is 0. The molecule has 0 heterocycles. The Morgan fingerprint density at radius 2 is 0.500 bits per heavy atom. The molecule has 70 heavy (non-hydrogen) atoms. The number of carboxylic acids is 3. The summed E-state index contributed by atoms with van der Waals surface area (Å²) in [5.74, 6) is -2.43. The molecule has 0 aromatic rings. The van der Waals surface area contributed by atoms with E-state index in [0.717, 1.165) is 44.9 Å². The van der Waals surface area contributed by atoms with Gasteiger partial charge in [-0.15, -0.1) is 0 Å². The highest BCUT2D eigenvalue weighted by molar-refractivity contribution is 5.68. The highest BCUT2D eigenvalue weighted by Crippen LogP contribution is 2.10. The van der Waals surface area contributed by atoms with Crippen molar-refractivity contribution in [1.82, 2.24) is 0 Å². The predicted molar refractivity (Wildman–Crippen MR) is 250 cm³/mol. The first-order chi connectivity index (χ1) is 33.1. The maximum atomic E-state index is 10.4. The minimum Gasteiger partial charge on any atom is -0.481 e. The highest BCUT2D eigenvalue weighted by atomic mass is 16.5. The van der Waals surface area contributed by atoms with E-state index in [1.54, 1.807) is 0 Å². The van der Waals surface area contributed by atoms with Crippen LogP contribution in [0.4, 0.5) is 0 Å². The van der Waals surface area contributed by atoms with Gasteiger partial charge in [-0.2, -0.15) is 0 Å². The van der Waals surface area contributed by atoms with Crippen LogP contribution in [0.5, 0.6) is 0 Å². The van der Waals surface area contributed by atoms with E-state index < -0.39 is 138 Å². The molecule has 10 atom stereocenters. The molecule has 0 saturated carbocycles. The van der Waals surface area contributed by atoms with Crippen LogP contribution in [0.25, 0.3) is 0 Å². The maximum Gasteiger partial charge on any atom is 0.303 e. The second-order valence-electron chi connectivity index (χ2n) is 15.5. The Balaban J connectivity index is -0.000000199. The van der Waals surface area contributed by atoms with Crippen LogP contribution in [-0.4, -0.2) is 264 Å². The van der Waals surface area contributed by atoms with E-state index in [2.05, 4.69) is 12.2 Å². The molecule has 0 rings (SSSR count). The third-order valence-electron chi connectivity index (χ3n) is 9.06. The predicted octanol–water partition coefficient (Wildman–Crippen LogP) is -4.69. The molecule has 22 N–H and O–H groups in total. The lowest BCUT2D eigenvalue weighted by atomic mass is 10.1. The molecular weight excluding hydrogens is 944 g/mol. The van der Waals surface area contributed by atoms with Gasteiger partial charge in [-0.3, -0.25) is 14.4 Å². The van der Waals surface area contributed by atoms with Crippen LogP contribution in [0.1, 0.15) is 116 Å². The molecule has 0 aliphatic rings. The van der Waals surface area contributed by atoms with Crippen molar-refractivity contribution in [3.8, 4) is 0 Å². The third kappa shape index (κ3) is 65.3. The first-order valence-electron chi connectivity index (χ1n) is 23.2. The smallest absolute Gasteiger partial charge is 0.303 e. The van der Waals surface area contributed by atoms with Crippen LogP contribution in [0.2, 0.25) is 0 Å². The number of aliphatic carboxylic acids is 3. The number of hydrogen-bond acceptors (Lipinski definition) is 23. The molecule has 0 radical (unpaired) electrons. The number of allylic oxidation sites excluding steroid dienone is 2. The molecule has 0 unspecified atom stereocenters. The lowest BCUT2D eigenvalue weighted by Crippen LogP contribution is -2.33. The molecule has 0 aliphatic carbocycles. The van der Waals surface area contributed by atoms with E-state index in [1.165, 1.54) is 38.5 Å². The minimum absolute atomic E-state index is 0.0628. The fraction of sp³-hybridized carbons (Fsp3) is 0.886. The van der Waals surface area contributed by atoms with E-state index in [-0.39, 0.29) is 19.4 Å². The summed E-state index contributed by atoms with van der Waals surface area (Å²) in [4.78, 5) is 30.2. The van der Waals surface area contributed by atoms with Crippen molar-refractivity contribution in [2.45, 2.75) is 177 Å². The Morgan fingerprint density at radius 3 is 0.743 bits per heavy atom. The number of carboxylic acid groups (broad SMARTS) is 3. The molecule has 0 amide bonds. The standard InChI is InChI=1S/C22H42O6.C6H10O4.4C4H10O4/c23-18-20(24)21(25)19-28-17-15-13-11-9-7-5-3-1-2-4-6-8-10-12-14-16-22(26)27;7-5(8)3-1-2-4-6(9)10;4*5-1-3(7)4(8)2-6/h1-2,20-21,23-25H,3-19H2,(H,26,27);1-4H2,(H,7,8)(H,9,10);4*3-8H,1-2H2/b2-1-;;;;;/t20-,21+;;4*3-,4+/m1...../s1. The van der Waals surface area contributed by atoms with Gasteiger partial charge in [0.1, 0.15) is 61.0 Å². The fourth-order valence-electron chi connectivity index (χ4n) is 4.44. The zero-order chi connectivity index (χ0) is 55.1. The van der Waals surface area contributed by atoms with Gasteiger partial charge in [0.25, 0.3) is 0 Å². The minimum atomic E-state index is -1.22. The van der Waals surface area contributed by atoms with Crippen LogP contribution >= 0.6 is 0 Å². The Labute approximate surface area is 410 Å². The largest absolute Gasteiger partial charge is 0.481 e. The summed E-state index contributed by atoms with van der Waals surface area (Å²) >= 11 is 0. The van der Waals surface area contributed by atoms with Crippen LogP contribution in [0.15, 0.2) is 12.2 Å². The number of unbranched alkanes of at least 4 members (excludes halogenated alkanes) is 12. The monoisotopic (exact) mass is 1040 g/mol. The third-order valence-corrected chi connectivity index (χ3v) is 9.06. The number of aliphatic hydroxyl groups excluding tert-OH is 19. The zero-order valence-corrected chi connectivity index (χ0v) is 40.4. The fourth-order valence-corrected chi connectivity index (χ4v) is 4.44. The average molecular weight is 1040 g/mol. The van der Waals surface area contributed by atoms with Crippen LogP contribution in [0, 0.1) is 0 Å².